The first-order valence-corrected chi connectivity index (χ1v) is 8.42. The van der Waals surface area contributed by atoms with Crippen molar-refractivity contribution in [2.75, 3.05) is 19.6 Å². The third kappa shape index (κ3) is 5.39. The summed E-state index contributed by atoms with van der Waals surface area (Å²) in [6, 6.07) is 7.67. The Bertz CT molecular complexity index is 586. The molecule has 1 aromatic rings. The summed E-state index contributed by atoms with van der Waals surface area (Å²) in [4.78, 5) is 24.9. The van der Waals surface area contributed by atoms with Crippen LogP contribution in [0.3, 0.4) is 0 Å². The van der Waals surface area contributed by atoms with E-state index in [-0.39, 0.29) is 18.5 Å². The van der Waals surface area contributed by atoms with E-state index in [1.807, 2.05) is 43.3 Å². The van der Waals surface area contributed by atoms with Gasteiger partial charge < -0.3 is 15.3 Å². The predicted molar refractivity (Wildman–Crippen MR) is 93.1 cm³/mol. The van der Waals surface area contributed by atoms with Crippen molar-refractivity contribution < 1.29 is 14.7 Å². The molecular formula is C17H21BrN2O3. The van der Waals surface area contributed by atoms with Gasteiger partial charge in [0, 0.05) is 24.1 Å². The number of carbonyl (C=O) groups excluding carboxylic acids is 1. The highest BCUT2D eigenvalue weighted by Gasteiger charge is 2.31. The summed E-state index contributed by atoms with van der Waals surface area (Å²) in [5.41, 5.74) is 1.06. The molecule has 1 fully saturated rings. The van der Waals surface area contributed by atoms with Crippen LogP contribution in [0.15, 0.2) is 34.8 Å². The van der Waals surface area contributed by atoms with Crippen LogP contribution < -0.4 is 5.32 Å². The van der Waals surface area contributed by atoms with Gasteiger partial charge >= 0.3 is 12.0 Å². The van der Waals surface area contributed by atoms with Crippen molar-refractivity contribution in [2.24, 2.45) is 11.8 Å². The first kappa shape index (κ1) is 17.5. The van der Waals surface area contributed by atoms with Gasteiger partial charge in [0.25, 0.3) is 0 Å². The van der Waals surface area contributed by atoms with Crippen molar-refractivity contribution >= 4 is 34.0 Å². The SMILES string of the molecule is CC1CC(C(=O)O)CN(C(=O)NC/C=C/c2ccc(Br)cc2)C1. The Balaban J connectivity index is 1.82. The van der Waals surface area contributed by atoms with E-state index >= 15 is 0 Å². The minimum Gasteiger partial charge on any atom is -0.481 e. The van der Waals surface area contributed by atoms with Gasteiger partial charge in [0.2, 0.25) is 0 Å². The second-order valence-corrected chi connectivity index (χ2v) is 6.84. The number of halogens is 1. The molecule has 5 nitrogen and oxygen atoms in total. The normalized spacial score (nSPS) is 21.4. The Morgan fingerprint density at radius 2 is 2.04 bits per heavy atom. The van der Waals surface area contributed by atoms with E-state index in [1.54, 1.807) is 4.90 Å². The molecular weight excluding hydrogens is 360 g/mol. The van der Waals surface area contributed by atoms with E-state index in [1.165, 1.54) is 0 Å². The number of carboxylic acid groups (broad SMARTS) is 1. The lowest BCUT2D eigenvalue weighted by atomic mass is 9.91. The number of urea groups is 1. The summed E-state index contributed by atoms with van der Waals surface area (Å²) < 4.78 is 1.02. The predicted octanol–water partition coefficient (Wildman–Crippen LogP) is 3.21. The van der Waals surface area contributed by atoms with Crippen molar-refractivity contribution in [2.45, 2.75) is 13.3 Å². The minimum atomic E-state index is -0.829. The molecule has 2 rings (SSSR count). The summed E-state index contributed by atoms with van der Waals surface area (Å²) in [5.74, 6) is -1.10. The molecule has 1 aromatic carbocycles. The average molecular weight is 381 g/mol. The number of hydrogen-bond donors (Lipinski definition) is 2. The number of likely N-dealkylation sites (tertiary alicyclic amines) is 1. The second-order valence-electron chi connectivity index (χ2n) is 5.92. The Morgan fingerprint density at radius 3 is 2.70 bits per heavy atom. The quantitative estimate of drug-likeness (QED) is 0.842. The fourth-order valence-electron chi connectivity index (χ4n) is 2.72. The molecule has 2 atom stereocenters. The molecule has 0 radical (unpaired) electrons. The molecule has 2 amide bonds. The van der Waals surface area contributed by atoms with Crippen LogP contribution in [0.4, 0.5) is 4.79 Å². The van der Waals surface area contributed by atoms with E-state index in [9.17, 15) is 9.59 Å². The van der Waals surface area contributed by atoms with Crippen LogP contribution in [0.25, 0.3) is 6.08 Å². The first-order chi connectivity index (χ1) is 11.0. The minimum absolute atomic E-state index is 0.203. The topological polar surface area (TPSA) is 69.6 Å². The standard InChI is InChI=1S/C17H21BrN2O3/c1-12-9-14(16(21)22)11-20(10-12)17(23)19-8-2-3-13-4-6-15(18)7-5-13/h2-7,12,14H,8-11H2,1H3,(H,19,23)(H,21,22)/b3-2+. The van der Waals surface area contributed by atoms with E-state index in [2.05, 4.69) is 21.2 Å². The van der Waals surface area contributed by atoms with Gasteiger partial charge in [-0.25, -0.2) is 4.79 Å². The Hall–Kier alpha value is -1.82. The Labute approximate surface area is 144 Å². The zero-order valence-corrected chi connectivity index (χ0v) is 14.6. The molecule has 0 aliphatic carbocycles. The highest BCUT2D eigenvalue weighted by atomic mass is 79.9. The third-order valence-corrected chi connectivity index (χ3v) is 4.38. The van der Waals surface area contributed by atoms with Gasteiger partial charge in [-0.3, -0.25) is 4.79 Å². The number of rotatable bonds is 4. The molecule has 0 bridgehead atoms. The third-order valence-electron chi connectivity index (χ3n) is 3.85. The monoisotopic (exact) mass is 380 g/mol. The number of nitrogens with zero attached hydrogens (tertiary/aromatic N) is 1. The molecule has 1 saturated heterocycles. The van der Waals surface area contributed by atoms with Gasteiger partial charge in [0.15, 0.2) is 0 Å². The lowest BCUT2D eigenvalue weighted by molar-refractivity contribution is -0.143. The molecule has 1 heterocycles. The molecule has 0 spiro atoms. The van der Waals surface area contributed by atoms with Crippen molar-refractivity contribution in [1.29, 1.82) is 0 Å². The van der Waals surface area contributed by atoms with Crippen molar-refractivity contribution in [3.05, 3.63) is 40.4 Å². The molecule has 6 heteroatoms. The molecule has 2 N–H and O–H groups in total. The van der Waals surface area contributed by atoms with Crippen molar-refractivity contribution in [1.82, 2.24) is 10.2 Å². The summed E-state index contributed by atoms with van der Waals surface area (Å²) in [6.45, 7) is 3.27. The number of benzene rings is 1. The maximum absolute atomic E-state index is 12.1. The number of carbonyl (C=O) groups is 2. The zero-order valence-electron chi connectivity index (χ0n) is 13.0. The maximum atomic E-state index is 12.1. The second kappa shape index (κ2) is 8.15. The number of nitrogens with one attached hydrogen (secondary N) is 1. The van der Waals surface area contributed by atoms with Gasteiger partial charge in [0.05, 0.1) is 5.92 Å². The summed E-state index contributed by atoms with van der Waals surface area (Å²) >= 11 is 3.38. The van der Waals surface area contributed by atoms with Crippen LogP contribution in [0.5, 0.6) is 0 Å². The molecule has 124 valence electrons. The van der Waals surface area contributed by atoms with E-state index < -0.39 is 11.9 Å². The number of aliphatic carboxylic acids is 1. The summed E-state index contributed by atoms with van der Waals surface area (Å²) in [7, 11) is 0. The smallest absolute Gasteiger partial charge is 0.317 e. The Morgan fingerprint density at radius 1 is 1.35 bits per heavy atom. The Kier molecular flexibility index (Phi) is 6.21. The maximum Gasteiger partial charge on any atom is 0.317 e. The molecule has 1 aliphatic heterocycles. The van der Waals surface area contributed by atoms with Gasteiger partial charge in [-0.2, -0.15) is 0 Å². The molecule has 0 aromatic heterocycles. The van der Waals surface area contributed by atoms with Crippen LogP contribution in [-0.2, 0) is 4.79 Å². The summed E-state index contributed by atoms with van der Waals surface area (Å²) in [5, 5.41) is 12.0. The lowest BCUT2D eigenvalue weighted by Crippen LogP contribution is -2.49. The lowest BCUT2D eigenvalue weighted by Gasteiger charge is -2.34. The van der Waals surface area contributed by atoms with Crippen LogP contribution >= 0.6 is 15.9 Å². The molecule has 0 saturated carbocycles. The number of hydrogen-bond acceptors (Lipinski definition) is 2. The van der Waals surface area contributed by atoms with E-state index in [4.69, 9.17) is 5.11 Å². The molecule has 1 aliphatic rings. The van der Waals surface area contributed by atoms with E-state index in [0.717, 1.165) is 10.0 Å². The van der Waals surface area contributed by atoms with Crippen molar-refractivity contribution in [3.8, 4) is 0 Å². The van der Waals surface area contributed by atoms with E-state index in [0.29, 0.717) is 19.5 Å². The highest BCUT2D eigenvalue weighted by molar-refractivity contribution is 9.10. The van der Waals surface area contributed by atoms with Crippen LogP contribution in [-0.4, -0.2) is 41.6 Å². The van der Waals surface area contributed by atoms with Crippen LogP contribution in [0.1, 0.15) is 18.9 Å². The van der Waals surface area contributed by atoms with Gasteiger partial charge in [-0.05, 0) is 30.0 Å². The van der Waals surface area contributed by atoms with Gasteiger partial charge in [0.1, 0.15) is 0 Å². The molecule has 2 unspecified atom stereocenters. The van der Waals surface area contributed by atoms with Gasteiger partial charge in [-0.15, -0.1) is 0 Å². The average Bonchev–Trinajstić information content (AvgIpc) is 2.52. The highest BCUT2D eigenvalue weighted by Crippen LogP contribution is 2.21. The summed E-state index contributed by atoms with van der Waals surface area (Å²) in [6.07, 6.45) is 4.44. The van der Waals surface area contributed by atoms with Crippen LogP contribution in [0.2, 0.25) is 0 Å². The largest absolute Gasteiger partial charge is 0.481 e. The van der Waals surface area contributed by atoms with Gasteiger partial charge in [-0.1, -0.05) is 47.1 Å². The van der Waals surface area contributed by atoms with Crippen LogP contribution in [0, 0.1) is 11.8 Å². The first-order valence-electron chi connectivity index (χ1n) is 7.63. The fourth-order valence-corrected chi connectivity index (χ4v) is 2.99. The van der Waals surface area contributed by atoms with Crippen molar-refractivity contribution in [3.63, 3.8) is 0 Å². The molecule has 23 heavy (non-hydrogen) atoms. The number of piperidine rings is 1. The number of carboxylic acids is 1. The number of amides is 2. The zero-order chi connectivity index (χ0) is 16.8. The fraction of sp³-hybridized carbons (Fsp3) is 0.412.